The Kier molecular flexibility index (Phi) is 6.39. The van der Waals surface area contributed by atoms with Crippen molar-refractivity contribution in [3.05, 3.63) is 60.2 Å². The van der Waals surface area contributed by atoms with E-state index < -0.39 is 40.1 Å². The quantitative estimate of drug-likeness (QED) is 0.482. The first-order valence-corrected chi connectivity index (χ1v) is 9.51. The van der Waals surface area contributed by atoms with Crippen LogP contribution in [0.2, 0.25) is 0 Å². The van der Waals surface area contributed by atoms with Gasteiger partial charge in [0, 0.05) is 12.7 Å². The van der Waals surface area contributed by atoms with E-state index in [0.717, 1.165) is 12.1 Å². The van der Waals surface area contributed by atoms with Crippen molar-refractivity contribution in [1.82, 2.24) is 0 Å². The standard InChI is InChI=1S/C18H14F6N2O3S/c1-29-16(17(19,20)21,18(22,23)24)13-7-9-14(10-8-13)26(12-11-25)30(27,28)15-5-3-2-4-6-15/h2-10H,12H2,1H3. The van der Waals surface area contributed by atoms with Crippen LogP contribution in [0.25, 0.3) is 0 Å². The Bertz CT molecular complexity index is 999. The van der Waals surface area contributed by atoms with Crippen molar-refractivity contribution in [2.45, 2.75) is 22.8 Å². The van der Waals surface area contributed by atoms with Crippen molar-refractivity contribution in [2.24, 2.45) is 0 Å². The zero-order valence-electron chi connectivity index (χ0n) is 15.2. The Morgan fingerprint density at radius 1 is 0.933 bits per heavy atom. The first-order valence-electron chi connectivity index (χ1n) is 8.07. The first kappa shape index (κ1) is 23.5. The highest BCUT2D eigenvalue weighted by atomic mass is 32.2. The summed E-state index contributed by atoms with van der Waals surface area (Å²) >= 11 is 0. The minimum absolute atomic E-state index is 0.207. The van der Waals surface area contributed by atoms with Gasteiger partial charge >= 0.3 is 12.4 Å². The van der Waals surface area contributed by atoms with E-state index in [4.69, 9.17) is 5.26 Å². The van der Waals surface area contributed by atoms with Gasteiger partial charge in [0.15, 0.2) is 0 Å². The van der Waals surface area contributed by atoms with E-state index in [9.17, 15) is 34.8 Å². The van der Waals surface area contributed by atoms with Crippen LogP contribution in [0.5, 0.6) is 0 Å². The third kappa shape index (κ3) is 3.95. The molecule has 0 amide bonds. The van der Waals surface area contributed by atoms with Gasteiger partial charge in [-0.3, -0.25) is 4.31 Å². The Balaban J connectivity index is 2.59. The molecule has 0 atom stereocenters. The minimum Gasteiger partial charge on any atom is -0.357 e. The summed E-state index contributed by atoms with van der Waals surface area (Å²) in [6, 6.07) is 10.9. The molecule has 162 valence electrons. The lowest BCUT2D eigenvalue weighted by atomic mass is 9.91. The molecule has 2 rings (SSSR count). The predicted octanol–water partition coefficient (Wildman–Crippen LogP) is 4.37. The number of anilines is 1. The minimum atomic E-state index is -5.84. The molecule has 0 aliphatic heterocycles. The van der Waals surface area contributed by atoms with E-state index in [-0.39, 0.29) is 17.7 Å². The molecule has 12 heteroatoms. The number of hydrogen-bond donors (Lipinski definition) is 0. The second kappa shape index (κ2) is 8.16. The predicted molar refractivity (Wildman–Crippen MR) is 93.8 cm³/mol. The molecule has 0 aromatic heterocycles. The number of alkyl halides is 6. The topological polar surface area (TPSA) is 70.4 Å². The summed E-state index contributed by atoms with van der Waals surface area (Å²) in [4.78, 5) is -0.207. The van der Waals surface area contributed by atoms with Gasteiger partial charge in [0.05, 0.1) is 16.7 Å². The second-order valence-corrected chi connectivity index (χ2v) is 7.77. The van der Waals surface area contributed by atoms with Crippen LogP contribution in [-0.4, -0.2) is 34.4 Å². The van der Waals surface area contributed by atoms with Crippen LogP contribution in [0.4, 0.5) is 32.0 Å². The number of benzene rings is 2. The van der Waals surface area contributed by atoms with Crippen molar-refractivity contribution >= 4 is 15.7 Å². The average Bonchev–Trinajstić information content (AvgIpc) is 2.66. The van der Waals surface area contributed by atoms with Crippen molar-refractivity contribution in [2.75, 3.05) is 18.0 Å². The third-order valence-electron chi connectivity index (χ3n) is 4.21. The van der Waals surface area contributed by atoms with Crippen LogP contribution in [0.3, 0.4) is 0 Å². The molecule has 30 heavy (non-hydrogen) atoms. The van der Waals surface area contributed by atoms with Gasteiger partial charge in [0.1, 0.15) is 6.54 Å². The normalized spacial score (nSPS) is 13.0. The smallest absolute Gasteiger partial charge is 0.357 e. The maximum atomic E-state index is 13.4. The van der Waals surface area contributed by atoms with Gasteiger partial charge < -0.3 is 4.74 Å². The van der Waals surface area contributed by atoms with E-state index >= 15 is 0 Å². The number of nitrogens with zero attached hydrogens (tertiary/aromatic N) is 2. The van der Waals surface area contributed by atoms with Crippen LogP contribution in [-0.2, 0) is 20.4 Å². The summed E-state index contributed by atoms with van der Waals surface area (Å²) in [5, 5.41) is 8.97. The molecule has 0 aliphatic rings. The largest absolute Gasteiger partial charge is 0.430 e. The Hall–Kier alpha value is -2.78. The number of hydrogen-bond acceptors (Lipinski definition) is 4. The molecule has 0 spiro atoms. The Morgan fingerprint density at radius 2 is 1.43 bits per heavy atom. The van der Waals surface area contributed by atoms with Crippen molar-refractivity contribution in [1.29, 1.82) is 5.26 Å². The number of ether oxygens (including phenoxy) is 1. The van der Waals surface area contributed by atoms with Crippen LogP contribution in [0.15, 0.2) is 59.5 Å². The third-order valence-corrected chi connectivity index (χ3v) is 6.00. The van der Waals surface area contributed by atoms with E-state index in [1.54, 1.807) is 12.1 Å². The summed E-state index contributed by atoms with van der Waals surface area (Å²) in [7, 11) is -4.02. The van der Waals surface area contributed by atoms with E-state index in [1.165, 1.54) is 24.3 Å². The number of nitriles is 1. The molecular formula is C18H14F6N2O3S. The molecule has 0 radical (unpaired) electrons. The summed E-state index contributed by atoms with van der Waals surface area (Å²) in [6.07, 6.45) is -11.7. The molecule has 0 N–H and O–H groups in total. The van der Waals surface area contributed by atoms with Gasteiger partial charge in [0.25, 0.3) is 15.6 Å². The maximum absolute atomic E-state index is 13.4. The maximum Gasteiger partial charge on any atom is 0.430 e. The van der Waals surface area contributed by atoms with Gasteiger partial charge in [-0.2, -0.15) is 31.6 Å². The van der Waals surface area contributed by atoms with Crippen molar-refractivity contribution in [3.63, 3.8) is 0 Å². The van der Waals surface area contributed by atoms with Crippen LogP contribution >= 0.6 is 0 Å². The first-order chi connectivity index (χ1) is 13.8. The van der Waals surface area contributed by atoms with Crippen LogP contribution in [0.1, 0.15) is 5.56 Å². The lowest BCUT2D eigenvalue weighted by Gasteiger charge is -2.36. The fourth-order valence-corrected chi connectivity index (χ4v) is 4.18. The second-order valence-electron chi connectivity index (χ2n) is 5.91. The van der Waals surface area contributed by atoms with Gasteiger partial charge in [-0.15, -0.1) is 0 Å². The highest BCUT2D eigenvalue weighted by molar-refractivity contribution is 7.92. The molecule has 0 heterocycles. The number of halogens is 6. The van der Waals surface area contributed by atoms with Gasteiger partial charge in [-0.25, -0.2) is 8.42 Å². The fraction of sp³-hybridized carbons (Fsp3) is 0.278. The zero-order valence-corrected chi connectivity index (χ0v) is 16.0. The van der Waals surface area contributed by atoms with Gasteiger partial charge in [-0.1, -0.05) is 30.3 Å². The summed E-state index contributed by atoms with van der Waals surface area (Å²) in [5.41, 5.74) is -6.18. The average molecular weight is 452 g/mol. The summed E-state index contributed by atoms with van der Waals surface area (Å²) in [6.45, 7) is -0.718. The molecule has 0 saturated carbocycles. The molecule has 2 aromatic rings. The highest BCUT2D eigenvalue weighted by Gasteiger charge is 2.73. The van der Waals surface area contributed by atoms with Crippen molar-refractivity contribution in [3.8, 4) is 6.07 Å². The summed E-state index contributed by atoms with van der Waals surface area (Å²) < 4.78 is 110. The molecule has 2 aromatic carbocycles. The van der Waals surface area contributed by atoms with Gasteiger partial charge in [0.2, 0.25) is 0 Å². The Morgan fingerprint density at radius 3 is 1.83 bits per heavy atom. The molecule has 0 fully saturated rings. The molecule has 0 unspecified atom stereocenters. The fourth-order valence-electron chi connectivity index (χ4n) is 2.80. The van der Waals surface area contributed by atoms with Crippen LogP contribution < -0.4 is 4.31 Å². The van der Waals surface area contributed by atoms with E-state index in [1.807, 2.05) is 0 Å². The Labute approximate surface area is 168 Å². The lowest BCUT2D eigenvalue weighted by Crippen LogP contribution is -2.55. The molecule has 0 saturated heterocycles. The SMILES string of the molecule is COC(c1ccc(N(CC#N)S(=O)(=O)c2ccccc2)cc1)(C(F)(F)F)C(F)(F)F. The van der Waals surface area contributed by atoms with E-state index in [2.05, 4.69) is 4.74 Å². The van der Waals surface area contributed by atoms with Crippen molar-refractivity contribution < 1.29 is 39.5 Å². The number of methoxy groups -OCH3 is 1. The number of rotatable bonds is 6. The zero-order chi connectivity index (χ0) is 22.8. The number of sulfonamides is 1. The molecular weight excluding hydrogens is 438 g/mol. The van der Waals surface area contributed by atoms with Gasteiger partial charge in [-0.05, 0) is 24.3 Å². The molecule has 0 bridgehead atoms. The summed E-state index contributed by atoms with van der Waals surface area (Å²) in [5.74, 6) is 0. The molecule has 0 aliphatic carbocycles. The molecule has 5 nitrogen and oxygen atoms in total. The highest BCUT2D eigenvalue weighted by Crippen LogP contribution is 2.52. The monoisotopic (exact) mass is 452 g/mol. The van der Waals surface area contributed by atoms with Crippen LogP contribution in [0, 0.1) is 11.3 Å². The van der Waals surface area contributed by atoms with E-state index in [0.29, 0.717) is 16.4 Å². The lowest BCUT2D eigenvalue weighted by molar-refractivity contribution is -0.383.